The van der Waals surface area contributed by atoms with Gasteiger partial charge in [-0.15, -0.1) is 0 Å². The third kappa shape index (κ3) is 4.32. The van der Waals surface area contributed by atoms with Gasteiger partial charge in [-0.25, -0.2) is 0 Å². The van der Waals surface area contributed by atoms with Gasteiger partial charge in [0.1, 0.15) is 0 Å². The zero-order valence-corrected chi connectivity index (χ0v) is 14.2. The number of amides is 1. The molecule has 1 fully saturated rings. The molecule has 2 N–H and O–H groups in total. The molecule has 0 unspecified atom stereocenters. The first-order valence-corrected chi connectivity index (χ1v) is 8.29. The summed E-state index contributed by atoms with van der Waals surface area (Å²) >= 11 is 0. The lowest BCUT2D eigenvalue weighted by atomic mass is 9.89. The molecule has 124 valence electrons. The second-order valence-corrected chi connectivity index (χ2v) is 7.61. The minimum atomic E-state index is -0.0991. The lowest BCUT2D eigenvalue weighted by Gasteiger charge is -2.23. The molecule has 5 heteroatoms. The smallest absolute Gasteiger partial charge is 0.254 e. The van der Waals surface area contributed by atoms with Gasteiger partial charge in [0, 0.05) is 25.6 Å². The summed E-state index contributed by atoms with van der Waals surface area (Å²) in [6.45, 7) is 9.98. The van der Waals surface area contributed by atoms with Crippen LogP contribution < -0.4 is 5.32 Å². The molecule has 1 saturated carbocycles. The van der Waals surface area contributed by atoms with E-state index >= 15 is 0 Å². The molecule has 0 aliphatic heterocycles. The lowest BCUT2D eigenvalue weighted by molar-refractivity contribution is 0.0927. The predicted octanol–water partition coefficient (Wildman–Crippen LogP) is 2.55. The normalized spacial score (nSPS) is 15.4. The maximum atomic E-state index is 12.5. The first-order valence-electron chi connectivity index (χ1n) is 8.29. The van der Waals surface area contributed by atoms with E-state index in [1.54, 1.807) is 6.20 Å². The van der Waals surface area contributed by atoms with Gasteiger partial charge < -0.3 is 10.4 Å². The van der Waals surface area contributed by atoms with Crippen molar-refractivity contribution >= 4 is 5.91 Å². The fourth-order valence-corrected chi connectivity index (χ4v) is 2.65. The third-order valence-electron chi connectivity index (χ3n) is 4.14. The van der Waals surface area contributed by atoms with E-state index < -0.39 is 0 Å². The number of nitrogens with one attached hydrogen (secondary N) is 1. The van der Waals surface area contributed by atoms with Crippen LogP contribution in [0.4, 0.5) is 0 Å². The maximum absolute atomic E-state index is 12.5. The summed E-state index contributed by atoms with van der Waals surface area (Å²) in [5.41, 5.74) is 1.73. The monoisotopic (exact) mass is 307 g/mol. The van der Waals surface area contributed by atoms with E-state index in [-0.39, 0.29) is 17.9 Å². The summed E-state index contributed by atoms with van der Waals surface area (Å²) in [6.07, 6.45) is 4.69. The van der Waals surface area contributed by atoms with E-state index in [0.717, 1.165) is 30.6 Å². The minimum Gasteiger partial charge on any atom is -0.396 e. The molecule has 5 nitrogen and oxygen atoms in total. The predicted molar refractivity (Wildman–Crippen MR) is 86.9 cm³/mol. The lowest BCUT2D eigenvalue weighted by Crippen LogP contribution is -2.34. The molecule has 0 radical (unpaired) electrons. The van der Waals surface area contributed by atoms with Gasteiger partial charge in [-0.05, 0) is 30.6 Å². The number of carbonyl (C=O) groups is 1. The molecule has 0 atom stereocenters. The van der Waals surface area contributed by atoms with Crippen LogP contribution >= 0.6 is 0 Å². The van der Waals surface area contributed by atoms with Crippen molar-refractivity contribution in [1.82, 2.24) is 15.1 Å². The minimum absolute atomic E-state index is 0.0390. The molecule has 22 heavy (non-hydrogen) atoms. The summed E-state index contributed by atoms with van der Waals surface area (Å²) in [5.74, 6) is 0.965. The topological polar surface area (TPSA) is 67.2 Å². The Kier molecular flexibility index (Phi) is 5.27. The second kappa shape index (κ2) is 6.82. The summed E-state index contributed by atoms with van der Waals surface area (Å²) in [4.78, 5) is 12.5. The fraction of sp³-hybridized carbons (Fsp3) is 0.765. The molecule has 0 bridgehead atoms. The van der Waals surface area contributed by atoms with Gasteiger partial charge in [-0.2, -0.15) is 5.10 Å². The Morgan fingerprint density at radius 1 is 1.50 bits per heavy atom. The van der Waals surface area contributed by atoms with Crippen LogP contribution in [-0.4, -0.2) is 33.9 Å². The van der Waals surface area contributed by atoms with Crippen LogP contribution in [0, 0.1) is 11.3 Å². The number of nitrogens with zero attached hydrogens (tertiary/aromatic N) is 2. The van der Waals surface area contributed by atoms with Gasteiger partial charge in [0.15, 0.2) is 0 Å². The second-order valence-electron chi connectivity index (χ2n) is 7.61. The Balaban J connectivity index is 2.08. The number of carbonyl (C=O) groups excluding carboxylic acids is 1. The van der Waals surface area contributed by atoms with Gasteiger partial charge in [0.05, 0.1) is 17.5 Å². The van der Waals surface area contributed by atoms with Crippen LogP contribution in [0.5, 0.6) is 0 Å². The van der Waals surface area contributed by atoms with Gasteiger partial charge in [0.2, 0.25) is 0 Å². The molecule has 0 aromatic carbocycles. The number of hydrogen-bond donors (Lipinski definition) is 2. The van der Waals surface area contributed by atoms with E-state index in [2.05, 4.69) is 24.3 Å². The molecule has 1 aromatic rings. The van der Waals surface area contributed by atoms with E-state index in [1.165, 1.54) is 0 Å². The highest BCUT2D eigenvalue weighted by Crippen LogP contribution is 2.41. The van der Waals surface area contributed by atoms with E-state index in [1.807, 2.05) is 18.5 Å². The average Bonchev–Trinajstić information content (AvgIpc) is 3.17. The summed E-state index contributed by atoms with van der Waals surface area (Å²) in [7, 11) is 0. The molecule has 1 heterocycles. The van der Waals surface area contributed by atoms with Gasteiger partial charge in [0.25, 0.3) is 5.91 Å². The molecular weight excluding hydrogens is 278 g/mol. The van der Waals surface area contributed by atoms with Crippen LogP contribution in [0.3, 0.4) is 0 Å². The first-order chi connectivity index (χ1) is 10.3. The first kappa shape index (κ1) is 17.0. The zero-order valence-electron chi connectivity index (χ0n) is 14.2. The van der Waals surface area contributed by atoms with Crippen molar-refractivity contribution in [2.75, 3.05) is 13.2 Å². The summed E-state index contributed by atoms with van der Waals surface area (Å²) < 4.78 is 2.01. The molecule has 1 aliphatic carbocycles. The van der Waals surface area contributed by atoms with Crippen molar-refractivity contribution in [1.29, 1.82) is 0 Å². The third-order valence-corrected chi connectivity index (χ3v) is 4.14. The van der Waals surface area contributed by atoms with Crippen molar-refractivity contribution in [2.45, 2.75) is 59.4 Å². The molecule has 0 saturated heterocycles. The molecule has 1 aliphatic rings. The molecule has 2 rings (SSSR count). The Hall–Kier alpha value is -1.36. The summed E-state index contributed by atoms with van der Waals surface area (Å²) in [5, 5.41) is 16.5. The van der Waals surface area contributed by atoms with Crippen LogP contribution in [-0.2, 0) is 6.54 Å². The Labute approximate surface area is 133 Å². The zero-order chi connectivity index (χ0) is 16.3. The van der Waals surface area contributed by atoms with Crippen molar-refractivity contribution in [3.8, 4) is 0 Å². The van der Waals surface area contributed by atoms with E-state index in [0.29, 0.717) is 24.8 Å². The van der Waals surface area contributed by atoms with Gasteiger partial charge in [-0.1, -0.05) is 27.7 Å². The van der Waals surface area contributed by atoms with Gasteiger partial charge in [-0.3, -0.25) is 9.48 Å². The highest BCUT2D eigenvalue weighted by atomic mass is 16.3. The number of aliphatic hydroxyl groups is 1. The average molecular weight is 307 g/mol. The highest BCUT2D eigenvalue weighted by molar-refractivity contribution is 5.95. The Morgan fingerprint density at radius 2 is 2.18 bits per heavy atom. The van der Waals surface area contributed by atoms with Crippen LogP contribution in [0.2, 0.25) is 0 Å². The molecular formula is C17H29N3O2. The highest BCUT2D eigenvalue weighted by Gasteiger charge is 2.32. The maximum Gasteiger partial charge on any atom is 0.254 e. The van der Waals surface area contributed by atoms with Crippen molar-refractivity contribution in [2.24, 2.45) is 11.3 Å². The van der Waals surface area contributed by atoms with Crippen LogP contribution in [0.1, 0.15) is 68.9 Å². The van der Waals surface area contributed by atoms with Gasteiger partial charge >= 0.3 is 0 Å². The summed E-state index contributed by atoms with van der Waals surface area (Å²) in [6, 6.07) is 0. The SMILES string of the molecule is CC(C)Cn1ncc(C(=O)NCC(C)(C)CCO)c1C1CC1. The van der Waals surface area contributed by atoms with E-state index in [4.69, 9.17) is 5.11 Å². The number of aliphatic hydroxyl groups excluding tert-OH is 1. The standard InChI is InChI=1S/C17H29N3O2/c1-12(2)10-20-15(13-5-6-13)14(9-19-20)16(22)18-11-17(3,4)7-8-21/h9,12-13,21H,5-8,10-11H2,1-4H3,(H,18,22). The van der Waals surface area contributed by atoms with Crippen molar-refractivity contribution in [3.63, 3.8) is 0 Å². The van der Waals surface area contributed by atoms with Crippen molar-refractivity contribution < 1.29 is 9.90 Å². The van der Waals surface area contributed by atoms with Crippen LogP contribution in [0.25, 0.3) is 0 Å². The molecule has 0 spiro atoms. The van der Waals surface area contributed by atoms with E-state index in [9.17, 15) is 4.79 Å². The number of aromatic nitrogens is 2. The number of hydrogen-bond acceptors (Lipinski definition) is 3. The molecule has 1 aromatic heterocycles. The number of rotatable bonds is 8. The van der Waals surface area contributed by atoms with Crippen molar-refractivity contribution in [3.05, 3.63) is 17.5 Å². The molecule has 1 amide bonds. The fourth-order valence-electron chi connectivity index (χ4n) is 2.65. The quantitative estimate of drug-likeness (QED) is 0.775. The largest absolute Gasteiger partial charge is 0.396 e. The Bertz CT molecular complexity index is 516. The Morgan fingerprint density at radius 3 is 2.73 bits per heavy atom. The van der Waals surface area contributed by atoms with Crippen LogP contribution in [0.15, 0.2) is 6.20 Å².